The molecule has 0 aliphatic heterocycles. The van der Waals surface area contributed by atoms with Gasteiger partial charge in [-0.3, -0.25) is 9.89 Å². The zero-order valence-corrected chi connectivity index (χ0v) is 18.4. The fraction of sp³-hybridized carbons (Fsp3) is 0.125. The Morgan fingerprint density at radius 3 is 2.52 bits per heavy atom. The van der Waals surface area contributed by atoms with Gasteiger partial charge in [-0.2, -0.15) is 15.3 Å². The lowest BCUT2D eigenvalue weighted by molar-refractivity contribution is 0.0600. The summed E-state index contributed by atoms with van der Waals surface area (Å²) in [5.74, 6) is -0.844. The van der Waals surface area contributed by atoms with Crippen LogP contribution in [0.4, 0.5) is 0 Å². The number of nitrogens with zero attached hydrogens (tertiary/aromatic N) is 4. The Morgan fingerprint density at radius 1 is 1.09 bits per heavy atom. The Morgan fingerprint density at radius 2 is 1.82 bits per heavy atom. The molecule has 2 N–H and O–H groups in total. The number of amides is 1. The van der Waals surface area contributed by atoms with Crippen molar-refractivity contribution in [3.05, 3.63) is 88.9 Å². The van der Waals surface area contributed by atoms with E-state index < -0.39 is 11.9 Å². The standard InChI is InChI=1S/C24H22N6O3/c1-15-22(16(2)30(29-15)19-7-5-4-6-8-19)20-13-21(27-26-20)23(31)28-25-14-17-9-11-18(12-10-17)24(32)33-3/h4-14H,1-3H3,(H,26,27)(H,28,31)/b25-14+. The van der Waals surface area contributed by atoms with E-state index in [1.165, 1.54) is 13.3 Å². The minimum absolute atomic E-state index is 0.273. The number of hydrogen-bond acceptors (Lipinski definition) is 6. The van der Waals surface area contributed by atoms with E-state index >= 15 is 0 Å². The molecule has 166 valence electrons. The van der Waals surface area contributed by atoms with Crippen LogP contribution in [-0.4, -0.2) is 45.2 Å². The molecular weight excluding hydrogens is 420 g/mol. The summed E-state index contributed by atoms with van der Waals surface area (Å²) >= 11 is 0. The molecule has 0 saturated carbocycles. The number of hydrazone groups is 1. The molecule has 0 radical (unpaired) electrons. The number of aryl methyl sites for hydroxylation is 1. The number of hydrogen-bond donors (Lipinski definition) is 2. The highest BCUT2D eigenvalue weighted by molar-refractivity contribution is 5.94. The Hall–Kier alpha value is -4.53. The largest absolute Gasteiger partial charge is 0.465 e. The van der Waals surface area contributed by atoms with E-state index in [0.29, 0.717) is 16.8 Å². The van der Waals surface area contributed by atoms with Crippen LogP contribution < -0.4 is 5.43 Å². The van der Waals surface area contributed by atoms with Crippen molar-refractivity contribution in [1.82, 2.24) is 25.4 Å². The molecular formula is C24H22N6O3. The van der Waals surface area contributed by atoms with Gasteiger partial charge in [-0.1, -0.05) is 30.3 Å². The van der Waals surface area contributed by atoms with E-state index in [0.717, 1.165) is 22.6 Å². The SMILES string of the molecule is COC(=O)c1ccc(/C=N/NC(=O)c2cc(-c3c(C)nn(-c4ccccc4)c3C)n[nH]2)cc1. The highest BCUT2D eigenvalue weighted by atomic mass is 16.5. The molecule has 9 nitrogen and oxygen atoms in total. The van der Waals surface area contributed by atoms with Crippen molar-refractivity contribution in [2.45, 2.75) is 13.8 Å². The van der Waals surface area contributed by atoms with E-state index in [2.05, 4.69) is 30.6 Å². The Kier molecular flexibility index (Phi) is 6.12. The summed E-state index contributed by atoms with van der Waals surface area (Å²) in [5, 5.41) is 15.7. The number of benzene rings is 2. The van der Waals surface area contributed by atoms with Crippen LogP contribution in [0.2, 0.25) is 0 Å². The molecule has 9 heteroatoms. The molecule has 4 aromatic rings. The Balaban J connectivity index is 1.46. The lowest BCUT2D eigenvalue weighted by atomic mass is 10.1. The Bertz CT molecular complexity index is 1320. The fourth-order valence-corrected chi connectivity index (χ4v) is 3.45. The number of rotatable bonds is 6. The zero-order chi connectivity index (χ0) is 23.4. The summed E-state index contributed by atoms with van der Waals surface area (Å²) in [5.41, 5.74) is 8.06. The van der Waals surface area contributed by atoms with Gasteiger partial charge in [-0.25, -0.2) is 14.9 Å². The first-order chi connectivity index (χ1) is 16.0. The van der Waals surface area contributed by atoms with E-state index in [9.17, 15) is 9.59 Å². The van der Waals surface area contributed by atoms with Crippen LogP contribution >= 0.6 is 0 Å². The molecule has 2 aromatic heterocycles. The van der Waals surface area contributed by atoms with Crippen molar-refractivity contribution in [3.8, 4) is 16.9 Å². The topological polar surface area (TPSA) is 114 Å². The molecule has 1 amide bonds. The van der Waals surface area contributed by atoms with Gasteiger partial charge in [0.2, 0.25) is 0 Å². The van der Waals surface area contributed by atoms with E-state index in [4.69, 9.17) is 0 Å². The van der Waals surface area contributed by atoms with Gasteiger partial charge < -0.3 is 4.74 Å². The predicted octanol–water partition coefficient (Wildman–Crippen LogP) is 3.43. The molecule has 0 bridgehead atoms. The quantitative estimate of drug-likeness (QED) is 0.270. The summed E-state index contributed by atoms with van der Waals surface area (Å²) in [4.78, 5) is 24.0. The average Bonchev–Trinajstić information content (AvgIpc) is 3.43. The third kappa shape index (κ3) is 4.57. The van der Waals surface area contributed by atoms with Gasteiger partial charge in [0.1, 0.15) is 5.69 Å². The van der Waals surface area contributed by atoms with Gasteiger partial charge in [-0.15, -0.1) is 0 Å². The molecule has 0 aliphatic rings. The highest BCUT2D eigenvalue weighted by Gasteiger charge is 2.18. The van der Waals surface area contributed by atoms with Crippen LogP contribution in [0.1, 0.15) is 37.8 Å². The van der Waals surface area contributed by atoms with Gasteiger partial charge in [0.15, 0.2) is 0 Å². The van der Waals surface area contributed by atoms with Crippen molar-refractivity contribution < 1.29 is 14.3 Å². The first-order valence-corrected chi connectivity index (χ1v) is 10.2. The van der Waals surface area contributed by atoms with Crippen LogP contribution in [0.25, 0.3) is 16.9 Å². The number of aromatic amines is 1. The number of esters is 1. The first kappa shape index (κ1) is 21.7. The number of carbonyl (C=O) groups is 2. The summed E-state index contributed by atoms with van der Waals surface area (Å²) in [6.45, 7) is 3.87. The van der Waals surface area contributed by atoms with Gasteiger partial charge in [0.25, 0.3) is 5.91 Å². The minimum Gasteiger partial charge on any atom is -0.465 e. The smallest absolute Gasteiger partial charge is 0.337 e. The average molecular weight is 442 g/mol. The number of aromatic nitrogens is 4. The molecule has 33 heavy (non-hydrogen) atoms. The van der Waals surface area contributed by atoms with Gasteiger partial charge in [-0.05, 0) is 49.7 Å². The lowest BCUT2D eigenvalue weighted by Gasteiger charge is -2.04. The van der Waals surface area contributed by atoms with Crippen LogP contribution in [0.5, 0.6) is 0 Å². The first-order valence-electron chi connectivity index (χ1n) is 10.2. The summed E-state index contributed by atoms with van der Waals surface area (Å²) in [6, 6.07) is 18.1. The molecule has 0 spiro atoms. The van der Waals surface area contributed by atoms with E-state index in [1.54, 1.807) is 30.3 Å². The third-order valence-corrected chi connectivity index (χ3v) is 5.08. The maximum atomic E-state index is 12.5. The van der Waals surface area contributed by atoms with Crippen LogP contribution in [0.3, 0.4) is 0 Å². The monoisotopic (exact) mass is 442 g/mol. The summed E-state index contributed by atoms with van der Waals surface area (Å²) < 4.78 is 6.52. The second-order valence-corrected chi connectivity index (χ2v) is 7.27. The minimum atomic E-state index is -0.429. The number of methoxy groups -OCH3 is 1. The van der Waals surface area contributed by atoms with Crippen molar-refractivity contribution >= 4 is 18.1 Å². The second-order valence-electron chi connectivity index (χ2n) is 7.27. The number of para-hydroxylation sites is 1. The molecule has 2 heterocycles. The highest BCUT2D eigenvalue weighted by Crippen LogP contribution is 2.27. The zero-order valence-electron chi connectivity index (χ0n) is 18.4. The van der Waals surface area contributed by atoms with E-state index in [1.807, 2.05) is 48.9 Å². The number of ether oxygens (including phenoxy) is 1. The maximum absolute atomic E-state index is 12.5. The van der Waals surface area contributed by atoms with Crippen molar-refractivity contribution in [2.24, 2.45) is 5.10 Å². The number of H-pyrrole nitrogens is 1. The van der Waals surface area contributed by atoms with Crippen molar-refractivity contribution in [3.63, 3.8) is 0 Å². The van der Waals surface area contributed by atoms with Gasteiger partial charge in [0, 0.05) is 5.56 Å². The maximum Gasteiger partial charge on any atom is 0.337 e. The van der Waals surface area contributed by atoms with Crippen LogP contribution in [0.15, 0.2) is 65.8 Å². The number of nitrogens with one attached hydrogen (secondary N) is 2. The Labute approximate surface area is 190 Å². The summed E-state index contributed by atoms with van der Waals surface area (Å²) in [7, 11) is 1.33. The summed E-state index contributed by atoms with van der Waals surface area (Å²) in [6.07, 6.45) is 1.48. The molecule has 0 atom stereocenters. The molecule has 4 rings (SSSR count). The van der Waals surface area contributed by atoms with Crippen molar-refractivity contribution in [2.75, 3.05) is 7.11 Å². The number of carbonyl (C=O) groups excluding carboxylic acids is 2. The molecule has 0 fully saturated rings. The van der Waals surface area contributed by atoms with Gasteiger partial charge in [0.05, 0.1) is 41.7 Å². The fourth-order valence-electron chi connectivity index (χ4n) is 3.45. The van der Waals surface area contributed by atoms with Crippen LogP contribution in [0, 0.1) is 13.8 Å². The molecule has 0 aliphatic carbocycles. The second kappa shape index (κ2) is 9.31. The van der Waals surface area contributed by atoms with Crippen LogP contribution in [-0.2, 0) is 4.74 Å². The molecule has 0 unspecified atom stereocenters. The van der Waals surface area contributed by atoms with Gasteiger partial charge >= 0.3 is 5.97 Å². The lowest BCUT2D eigenvalue weighted by Crippen LogP contribution is -2.18. The molecule has 0 saturated heterocycles. The van der Waals surface area contributed by atoms with Crippen molar-refractivity contribution in [1.29, 1.82) is 0 Å². The molecule has 2 aromatic carbocycles. The van der Waals surface area contributed by atoms with E-state index in [-0.39, 0.29) is 5.69 Å². The third-order valence-electron chi connectivity index (χ3n) is 5.08. The normalized spacial score (nSPS) is 11.0. The predicted molar refractivity (Wildman–Crippen MR) is 123 cm³/mol.